The average Bonchev–Trinajstić information content (AvgIpc) is 2.90. The second kappa shape index (κ2) is 6.25. The van der Waals surface area contributed by atoms with E-state index in [1.165, 1.54) is 6.07 Å². The molecule has 1 heterocycles. The molecule has 106 valence electrons. The van der Waals surface area contributed by atoms with Crippen molar-refractivity contribution in [2.45, 2.75) is 20.0 Å². The lowest BCUT2D eigenvalue weighted by Gasteiger charge is -2.06. The predicted octanol–water partition coefficient (Wildman–Crippen LogP) is 1.64. The SMILES string of the molecule is CCCOCc1ccc(-c2n[nH]nc2C(N)=O)cc1F. The maximum atomic E-state index is 13.9. The minimum absolute atomic E-state index is 0.0145. The quantitative estimate of drug-likeness (QED) is 0.785. The van der Waals surface area contributed by atoms with Crippen molar-refractivity contribution in [3.05, 3.63) is 35.3 Å². The van der Waals surface area contributed by atoms with Crippen LogP contribution in [0.1, 0.15) is 29.4 Å². The van der Waals surface area contributed by atoms with Gasteiger partial charge < -0.3 is 10.5 Å². The van der Waals surface area contributed by atoms with Gasteiger partial charge >= 0.3 is 0 Å². The lowest BCUT2D eigenvalue weighted by molar-refractivity contribution is 0.0996. The number of carbonyl (C=O) groups excluding carboxylic acids is 1. The van der Waals surface area contributed by atoms with Gasteiger partial charge in [0.15, 0.2) is 5.69 Å². The molecule has 0 radical (unpaired) electrons. The highest BCUT2D eigenvalue weighted by Gasteiger charge is 2.16. The summed E-state index contributed by atoms with van der Waals surface area (Å²) in [5.74, 6) is -1.14. The summed E-state index contributed by atoms with van der Waals surface area (Å²) in [4.78, 5) is 11.2. The molecule has 20 heavy (non-hydrogen) atoms. The molecule has 1 aromatic carbocycles. The van der Waals surface area contributed by atoms with Crippen LogP contribution in [0.2, 0.25) is 0 Å². The molecular formula is C13H15FN4O2. The lowest BCUT2D eigenvalue weighted by atomic mass is 10.1. The number of nitrogens with two attached hydrogens (primary N) is 1. The molecule has 6 nitrogen and oxygen atoms in total. The Balaban J connectivity index is 2.24. The molecule has 0 aliphatic carbocycles. The highest BCUT2D eigenvalue weighted by molar-refractivity contribution is 5.96. The molecule has 0 fully saturated rings. The highest BCUT2D eigenvalue weighted by Crippen LogP contribution is 2.22. The number of nitrogens with one attached hydrogen (secondary N) is 1. The number of hydrogen-bond acceptors (Lipinski definition) is 4. The van der Waals surface area contributed by atoms with Crippen LogP contribution < -0.4 is 5.73 Å². The minimum Gasteiger partial charge on any atom is -0.377 e. The Morgan fingerprint density at radius 2 is 2.25 bits per heavy atom. The Kier molecular flexibility index (Phi) is 4.41. The van der Waals surface area contributed by atoms with E-state index >= 15 is 0 Å². The highest BCUT2D eigenvalue weighted by atomic mass is 19.1. The van der Waals surface area contributed by atoms with Crippen LogP contribution in [-0.4, -0.2) is 27.9 Å². The normalized spacial score (nSPS) is 10.7. The van der Waals surface area contributed by atoms with Crippen molar-refractivity contribution >= 4 is 5.91 Å². The van der Waals surface area contributed by atoms with E-state index in [2.05, 4.69) is 15.4 Å². The van der Waals surface area contributed by atoms with Gasteiger partial charge in [-0.15, -0.1) is 0 Å². The number of rotatable bonds is 6. The van der Waals surface area contributed by atoms with Gasteiger partial charge in [-0.25, -0.2) is 4.39 Å². The molecule has 3 N–H and O–H groups in total. The van der Waals surface area contributed by atoms with Gasteiger partial charge in [0.25, 0.3) is 5.91 Å². The van der Waals surface area contributed by atoms with Crippen molar-refractivity contribution in [1.29, 1.82) is 0 Å². The molecule has 0 saturated heterocycles. The number of H-pyrrole nitrogens is 1. The van der Waals surface area contributed by atoms with Gasteiger partial charge in [0.1, 0.15) is 11.5 Å². The Labute approximate surface area is 115 Å². The van der Waals surface area contributed by atoms with Crippen molar-refractivity contribution in [3.63, 3.8) is 0 Å². The maximum Gasteiger partial charge on any atom is 0.271 e. The lowest BCUT2D eigenvalue weighted by Crippen LogP contribution is -2.12. The number of primary amides is 1. The number of amides is 1. The summed E-state index contributed by atoms with van der Waals surface area (Å²) in [7, 11) is 0. The first-order chi connectivity index (χ1) is 9.63. The number of benzene rings is 1. The number of nitrogens with zero attached hydrogens (tertiary/aromatic N) is 2. The van der Waals surface area contributed by atoms with Crippen LogP contribution in [0.5, 0.6) is 0 Å². The predicted molar refractivity (Wildman–Crippen MR) is 70.2 cm³/mol. The zero-order valence-electron chi connectivity index (χ0n) is 11.0. The fourth-order valence-electron chi connectivity index (χ4n) is 1.74. The van der Waals surface area contributed by atoms with E-state index in [1.807, 2.05) is 6.92 Å². The monoisotopic (exact) mass is 278 g/mol. The Bertz CT molecular complexity index is 612. The van der Waals surface area contributed by atoms with Crippen LogP contribution in [0, 0.1) is 5.82 Å². The van der Waals surface area contributed by atoms with Crippen LogP contribution >= 0.6 is 0 Å². The number of halogens is 1. The number of aromatic amines is 1. The largest absolute Gasteiger partial charge is 0.377 e. The first kappa shape index (κ1) is 14.1. The second-order valence-electron chi connectivity index (χ2n) is 4.24. The molecule has 0 spiro atoms. The minimum atomic E-state index is -0.718. The number of hydrogen-bond donors (Lipinski definition) is 2. The number of ether oxygens (including phenoxy) is 1. The number of carbonyl (C=O) groups is 1. The smallest absolute Gasteiger partial charge is 0.271 e. The fraction of sp³-hybridized carbons (Fsp3) is 0.308. The third-order valence-corrected chi connectivity index (χ3v) is 2.71. The van der Waals surface area contributed by atoms with Crippen LogP contribution in [0.4, 0.5) is 4.39 Å². The number of aromatic nitrogens is 3. The third kappa shape index (κ3) is 3.00. The summed E-state index contributed by atoms with van der Waals surface area (Å²) in [6, 6.07) is 4.53. The van der Waals surface area contributed by atoms with Gasteiger partial charge in [-0.2, -0.15) is 15.4 Å². The van der Waals surface area contributed by atoms with Crippen molar-refractivity contribution in [3.8, 4) is 11.3 Å². The van der Waals surface area contributed by atoms with Gasteiger partial charge in [-0.05, 0) is 12.5 Å². The van der Waals surface area contributed by atoms with Crippen molar-refractivity contribution in [2.75, 3.05) is 6.61 Å². The molecule has 0 aliphatic heterocycles. The van der Waals surface area contributed by atoms with Crippen molar-refractivity contribution in [1.82, 2.24) is 15.4 Å². The van der Waals surface area contributed by atoms with E-state index in [-0.39, 0.29) is 18.0 Å². The summed E-state index contributed by atoms with van der Waals surface area (Å²) >= 11 is 0. The average molecular weight is 278 g/mol. The first-order valence-electron chi connectivity index (χ1n) is 6.20. The topological polar surface area (TPSA) is 93.9 Å². The summed E-state index contributed by atoms with van der Waals surface area (Å²) in [5, 5.41) is 9.77. The molecule has 0 unspecified atom stereocenters. The zero-order valence-corrected chi connectivity index (χ0v) is 11.0. The van der Waals surface area contributed by atoms with Gasteiger partial charge in [-0.3, -0.25) is 4.79 Å². The van der Waals surface area contributed by atoms with E-state index in [0.717, 1.165) is 6.42 Å². The van der Waals surface area contributed by atoms with Crippen molar-refractivity contribution in [2.24, 2.45) is 5.73 Å². The van der Waals surface area contributed by atoms with E-state index in [0.29, 0.717) is 17.7 Å². The van der Waals surface area contributed by atoms with Crippen LogP contribution in [0.3, 0.4) is 0 Å². The van der Waals surface area contributed by atoms with Gasteiger partial charge in [-0.1, -0.05) is 19.1 Å². The molecule has 2 rings (SSSR count). The fourth-order valence-corrected chi connectivity index (χ4v) is 1.74. The van der Waals surface area contributed by atoms with E-state index in [9.17, 15) is 9.18 Å². The Hall–Kier alpha value is -2.28. The van der Waals surface area contributed by atoms with E-state index in [4.69, 9.17) is 10.5 Å². The Morgan fingerprint density at radius 3 is 2.90 bits per heavy atom. The van der Waals surface area contributed by atoms with Crippen LogP contribution in [-0.2, 0) is 11.3 Å². The van der Waals surface area contributed by atoms with E-state index < -0.39 is 11.7 Å². The molecular weight excluding hydrogens is 263 g/mol. The van der Waals surface area contributed by atoms with Crippen LogP contribution in [0.15, 0.2) is 18.2 Å². The van der Waals surface area contributed by atoms with Crippen molar-refractivity contribution < 1.29 is 13.9 Å². The summed E-state index contributed by atoms with van der Waals surface area (Å²) < 4.78 is 19.2. The summed E-state index contributed by atoms with van der Waals surface area (Å²) in [6.07, 6.45) is 0.876. The molecule has 0 bridgehead atoms. The van der Waals surface area contributed by atoms with Gasteiger partial charge in [0, 0.05) is 17.7 Å². The van der Waals surface area contributed by atoms with Gasteiger partial charge in [0.2, 0.25) is 0 Å². The van der Waals surface area contributed by atoms with Crippen LogP contribution in [0.25, 0.3) is 11.3 Å². The second-order valence-corrected chi connectivity index (χ2v) is 4.24. The molecule has 1 amide bonds. The Morgan fingerprint density at radius 1 is 1.45 bits per heavy atom. The standard InChI is InChI=1S/C13H15FN4O2/c1-2-5-20-7-9-4-3-8(6-10(9)14)11-12(13(15)19)17-18-16-11/h3-4,6H,2,5,7H2,1H3,(H2,15,19)(H,16,17,18). The molecule has 1 aromatic heterocycles. The molecule has 2 aromatic rings. The van der Waals surface area contributed by atoms with Gasteiger partial charge in [0.05, 0.1) is 6.61 Å². The molecule has 7 heteroatoms. The summed E-state index contributed by atoms with van der Waals surface area (Å²) in [5.41, 5.74) is 6.27. The summed E-state index contributed by atoms with van der Waals surface area (Å²) in [6.45, 7) is 2.77. The molecule has 0 saturated carbocycles. The van der Waals surface area contributed by atoms with E-state index in [1.54, 1.807) is 12.1 Å². The zero-order chi connectivity index (χ0) is 14.5. The molecule has 0 aliphatic rings. The maximum absolute atomic E-state index is 13.9. The third-order valence-electron chi connectivity index (χ3n) is 2.71. The first-order valence-corrected chi connectivity index (χ1v) is 6.20. The molecule has 0 atom stereocenters.